The van der Waals surface area contributed by atoms with Crippen LogP contribution in [0.1, 0.15) is 35.4 Å². The molecule has 0 bridgehead atoms. The van der Waals surface area contributed by atoms with Crippen LogP contribution in [0.15, 0.2) is 18.5 Å². The quantitative estimate of drug-likeness (QED) is 0.802. The zero-order valence-electron chi connectivity index (χ0n) is 14.3. The third-order valence-corrected chi connectivity index (χ3v) is 4.42. The molecule has 1 aliphatic heterocycles. The van der Waals surface area contributed by atoms with Crippen molar-refractivity contribution < 1.29 is 13.6 Å². The predicted molar refractivity (Wildman–Crippen MR) is 91.9 cm³/mol. The van der Waals surface area contributed by atoms with Gasteiger partial charge in [-0.3, -0.25) is 4.79 Å². The van der Waals surface area contributed by atoms with E-state index in [1.54, 1.807) is 0 Å². The Balaban J connectivity index is 1.48. The number of alkyl halides is 2. The van der Waals surface area contributed by atoms with Gasteiger partial charge in [-0.15, -0.1) is 0 Å². The van der Waals surface area contributed by atoms with E-state index in [1.165, 1.54) is 12.3 Å². The minimum atomic E-state index is -2.77. The lowest BCUT2D eigenvalue weighted by Gasteiger charge is -2.32. The van der Waals surface area contributed by atoms with Crippen molar-refractivity contribution >= 4 is 17.7 Å². The van der Waals surface area contributed by atoms with Crippen molar-refractivity contribution in [3.05, 3.63) is 29.7 Å². The van der Waals surface area contributed by atoms with E-state index in [9.17, 15) is 13.6 Å². The summed E-state index contributed by atoms with van der Waals surface area (Å²) >= 11 is 0. The average Bonchev–Trinajstić information content (AvgIpc) is 3.17. The molecule has 1 aliphatic rings. The van der Waals surface area contributed by atoms with Crippen molar-refractivity contribution in [3.63, 3.8) is 0 Å². The molecule has 3 heterocycles. The highest BCUT2D eigenvalue weighted by Crippen LogP contribution is 2.21. The van der Waals surface area contributed by atoms with Gasteiger partial charge in [0.05, 0.1) is 6.20 Å². The van der Waals surface area contributed by atoms with E-state index in [1.807, 2.05) is 11.0 Å². The standard InChI is InChI=1S/C16H18F2N8O/c17-15(18)26-6-3-12(24-26)14(27)21-8-10-1-4-25(5-2-10)16-22-9-11(7-19)13(20)23-16/h3,6,9-10,15H,1-2,4-5,8H2,(H,21,27)(H2,20,22,23). The number of halogens is 2. The second kappa shape index (κ2) is 7.94. The van der Waals surface area contributed by atoms with Crippen LogP contribution >= 0.6 is 0 Å². The number of rotatable bonds is 5. The molecule has 2 aromatic rings. The van der Waals surface area contributed by atoms with Gasteiger partial charge in [0, 0.05) is 25.8 Å². The number of carbonyl (C=O) groups is 1. The van der Waals surface area contributed by atoms with Crippen LogP contribution in [-0.4, -0.2) is 45.3 Å². The molecular weight excluding hydrogens is 358 g/mol. The molecule has 0 saturated carbocycles. The topological polar surface area (TPSA) is 126 Å². The van der Waals surface area contributed by atoms with Crippen LogP contribution in [0, 0.1) is 17.2 Å². The molecule has 0 atom stereocenters. The molecule has 0 spiro atoms. The maximum atomic E-state index is 12.5. The Morgan fingerprint density at radius 2 is 2.19 bits per heavy atom. The van der Waals surface area contributed by atoms with Crippen molar-refractivity contribution in [3.8, 4) is 6.07 Å². The maximum absolute atomic E-state index is 12.5. The fourth-order valence-electron chi connectivity index (χ4n) is 2.86. The first-order valence-electron chi connectivity index (χ1n) is 8.37. The fraction of sp³-hybridized carbons (Fsp3) is 0.438. The summed E-state index contributed by atoms with van der Waals surface area (Å²) < 4.78 is 25.4. The molecule has 11 heteroatoms. The molecule has 27 heavy (non-hydrogen) atoms. The number of nitrogens with zero attached hydrogens (tertiary/aromatic N) is 6. The smallest absolute Gasteiger partial charge is 0.333 e. The van der Waals surface area contributed by atoms with Crippen LogP contribution in [-0.2, 0) is 0 Å². The first kappa shape index (κ1) is 18.5. The van der Waals surface area contributed by atoms with Gasteiger partial charge in [-0.2, -0.15) is 24.1 Å². The van der Waals surface area contributed by atoms with Gasteiger partial charge >= 0.3 is 6.55 Å². The van der Waals surface area contributed by atoms with Crippen molar-refractivity contribution in [1.29, 1.82) is 5.26 Å². The molecule has 0 radical (unpaired) electrons. The summed E-state index contributed by atoms with van der Waals surface area (Å²) in [7, 11) is 0. The average molecular weight is 376 g/mol. The Bertz CT molecular complexity index is 854. The number of piperidine rings is 1. The lowest BCUT2D eigenvalue weighted by atomic mass is 9.97. The molecular formula is C16H18F2N8O. The Hall–Kier alpha value is -3.29. The molecule has 0 aromatic carbocycles. The zero-order valence-corrected chi connectivity index (χ0v) is 14.3. The maximum Gasteiger partial charge on any atom is 0.333 e. The molecule has 1 amide bonds. The highest BCUT2D eigenvalue weighted by Gasteiger charge is 2.22. The summed E-state index contributed by atoms with van der Waals surface area (Å²) in [6.07, 6.45) is 4.08. The van der Waals surface area contributed by atoms with Gasteiger partial charge in [0.2, 0.25) is 5.95 Å². The SMILES string of the molecule is N#Cc1cnc(N2CCC(CNC(=O)c3ccn(C(F)F)n3)CC2)nc1N. The Morgan fingerprint density at radius 3 is 2.78 bits per heavy atom. The van der Waals surface area contributed by atoms with E-state index in [4.69, 9.17) is 11.0 Å². The van der Waals surface area contributed by atoms with Gasteiger partial charge in [-0.05, 0) is 24.8 Å². The highest BCUT2D eigenvalue weighted by atomic mass is 19.3. The van der Waals surface area contributed by atoms with Gasteiger partial charge in [-0.25, -0.2) is 9.67 Å². The zero-order chi connectivity index (χ0) is 19.4. The second-order valence-electron chi connectivity index (χ2n) is 6.18. The second-order valence-corrected chi connectivity index (χ2v) is 6.18. The summed E-state index contributed by atoms with van der Waals surface area (Å²) in [4.78, 5) is 22.3. The van der Waals surface area contributed by atoms with Crippen LogP contribution in [0.2, 0.25) is 0 Å². The molecule has 3 N–H and O–H groups in total. The predicted octanol–water partition coefficient (Wildman–Crippen LogP) is 1.17. The van der Waals surface area contributed by atoms with E-state index in [0.717, 1.165) is 19.0 Å². The minimum absolute atomic E-state index is 0.0332. The summed E-state index contributed by atoms with van der Waals surface area (Å²) in [5, 5.41) is 15.1. The number of hydrogen-bond donors (Lipinski definition) is 2. The van der Waals surface area contributed by atoms with E-state index >= 15 is 0 Å². The number of anilines is 2. The molecule has 1 saturated heterocycles. The van der Waals surface area contributed by atoms with Gasteiger partial charge in [0.25, 0.3) is 5.91 Å². The molecule has 3 rings (SSSR count). The van der Waals surface area contributed by atoms with Crippen LogP contribution in [0.25, 0.3) is 0 Å². The third kappa shape index (κ3) is 4.28. The number of aromatic nitrogens is 4. The van der Waals surface area contributed by atoms with Crippen molar-refractivity contribution in [2.45, 2.75) is 19.4 Å². The number of nitrogen functional groups attached to an aromatic ring is 1. The number of amides is 1. The van der Waals surface area contributed by atoms with Gasteiger partial charge in [-0.1, -0.05) is 0 Å². The summed E-state index contributed by atoms with van der Waals surface area (Å²) in [6.45, 7) is -0.961. The van der Waals surface area contributed by atoms with Gasteiger partial charge in [0.15, 0.2) is 0 Å². The highest BCUT2D eigenvalue weighted by molar-refractivity contribution is 5.92. The lowest BCUT2D eigenvalue weighted by molar-refractivity contribution is 0.0559. The van der Waals surface area contributed by atoms with E-state index in [2.05, 4.69) is 20.4 Å². The van der Waals surface area contributed by atoms with E-state index in [0.29, 0.717) is 30.3 Å². The molecule has 0 aliphatic carbocycles. The molecule has 142 valence electrons. The fourth-order valence-corrected chi connectivity index (χ4v) is 2.86. The van der Waals surface area contributed by atoms with Crippen molar-refractivity contribution in [2.24, 2.45) is 5.92 Å². The largest absolute Gasteiger partial charge is 0.382 e. The minimum Gasteiger partial charge on any atom is -0.382 e. The molecule has 0 unspecified atom stereocenters. The number of nitriles is 1. The number of nitrogens with one attached hydrogen (secondary N) is 1. The molecule has 9 nitrogen and oxygen atoms in total. The van der Waals surface area contributed by atoms with Crippen LogP contribution in [0.4, 0.5) is 20.5 Å². The van der Waals surface area contributed by atoms with Gasteiger partial charge in [0.1, 0.15) is 23.1 Å². The van der Waals surface area contributed by atoms with E-state index < -0.39 is 12.5 Å². The first-order chi connectivity index (χ1) is 13.0. The summed E-state index contributed by atoms with van der Waals surface area (Å²) in [5.74, 6) is 0.407. The third-order valence-electron chi connectivity index (χ3n) is 4.42. The number of carbonyl (C=O) groups excluding carboxylic acids is 1. The molecule has 2 aromatic heterocycles. The van der Waals surface area contributed by atoms with Crippen LogP contribution in [0.5, 0.6) is 0 Å². The monoisotopic (exact) mass is 376 g/mol. The summed E-state index contributed by atoms with van der Waals surface area (Å²) in [6, 6.07) is 3.18. The Kier molecular flexibility index (Phi) is 5.44. The number of nitrogens with two attached hydrogens (primary N) is 1. The van der Waals surface area contributed by atoms with Crippen molar-refractivity contribution in [2.75, 3.05) is 30.3 Å². The first-order valence-corrected chi connectivity index (χ1v) is 8.37. The van der Waals surface area contributed by atoms with Crippen LogP contribution < -0.4 is 16.0 Å². The van der Waals surface area contributed by atoms with Crippen LogP contribution in [0.3, 0.4) is 0 Å². The van der Waals surface area contributed by atoms with Gasteiger partial charge < -0.3 is 16.0 Å². The van der Waals surface area contributed by atoms with E-state index in [-0.39, 0.29) is 23.0 Å². The Morgan fingerprint density at radius 1 is 1.44 bits per heavy atom. The normalized spacial score (nSPS) is 15.0. The lowest BCUT2D eigenvalue weighted by Crippen LogP contribution is -2.39. The summed E-state index contributed by atoms with van der Waals surface area (Å²) in [5.41, 5.74) is 5.93. The molecule has 1 fully saturated rings. The Labute approximate surface area is 153 Å². The number of hydrogen-bond acceptors (Lipinski definition) is 7. The van der Waals surface area contributed by atoms with Crippen molar-refractivity contribution in [1.82, 2.24) is 25.1 Å².